The van der Waals surface area contributed by atoms with Crippen molar-refractivity contribution in [1.29, 1.82) is 0 Å². The van der Waals surface area contributed by atoms with Crippen LogP contribution in [0, 0.1) is 0 Å². The smallest absolute Gasteiger partial charge is 0.227 e. The summed E-state index contributed by atoms with van der Waals surface area (Å²) < 4.78 is 5.18. The Labute approximate surface area is 138 Å². The molecule has 118 valence electrons. The second-order valence-electron chi connectivity index (χ2n) is 5.07. The van der Waals surface area contributed by atoms with Crippen LogP contribution in [0.25, 0.3) is 10.7 Å². The molecule has 0 fully saturated rings. The lowest BCUT2D eigenvalue weighted by Crippen LogP contribution is -2.25. The monoisotopic (exact) mass is 327 g/mol. The van der Waals surface area contributed by atoms with E-state index in [-0.39, 0.29) is 5.91 Å². The molecule has 23 heavy (non-hydrogen) atoms. The van der Waals surface area contributed by atoms with E-state index in [1.165, 1.54) is 5.56 Å². The fourth-order valence-electron chi connectivity index (χ4n) is 2.16. The van der Waals surface area contributed by atoms with E-state index >= 15 is 0 Å². The molecule has 0 aliphatic heterocycles. The van der Waals surface area contributed by atoms with Crippen molar-refractivity contribution >= 4 is 17.2 Å². The fraction of sp³-hybridized carbons (Fsp3) is 0.235. The van der Waals surface area contributed by atoms with Gasteiger partial charge in [0.25, 0.3) is 0 Å². The van der Waals surface area contributed by atoms with Crippen molar-refractivity contribution in [3.8, 4) is 10.7 Å². The minimum Gasteiger partial charge on any atom is -0.356 e. The maximum absolute atomic E-state index is 11.8. The van der Waals surface area contributed by atoms with E-state index in [1.54, 1.807) is 11.3 Å². The standard InChI is InChI=1S/C17H17N3O2S/c21-15(18-11-10-13-5-2-1-3-6-13)8-9-16-19-17(20-22-16)14-7-4-12-23-14/h1-7,12H,8-11H2,(H,18,21). The van der Waals surface area contributed by atoms with Crippen molar-refractivity contribution in [2.24, 2.45) is 0 Å². The Morgan fingerprint density at radius 3 is 2.78 bits per heavy atom. The van der Waals surface area contributed by atoms with Crippen molar-refractivity contribution in [1.82, 2.24) is 15.5 Å². The predicted octanol–water partition coefficient (Wildman–Crippen LogP) is 3.09. The molecule has 0 aliphatic carbocycles. The molecule has 5 nitrogen and oxygen atoms in total. The van der Waals surface area contributed by atoms with Crippen LogP contribution in [-0.2, 0) is 17.6 Å². The molecule has 0 radical (unpaired) electrons. The van der Waals surface area contributed by atoms with Gasteiger partial charge in [-0.25, -0.2) is 0 Å². The van der Waals surface area contributed by atoms with Crippen LogP contribution in [0.5, 0.6) is 0 Å². The van der Waals surface area contributed by atoms with Crippen molar-refractivity contribution < 1.29 is 9.32 Å². The van der Waals surface area contributed by atoms with Gasteiger partial charge in [-0.1, -0.05) is 41.6 Å². The average Bonchev–Trinajstić information content (AvgIpc) is 3.25. The van der Waals surface area contributed by atoms with Gasteiger partial charge in [0, 0.05) is 19.4 Å². The second-order valence-corrected chi connectivity index (χ2v) is 6.02. The average molecular weight is 327 g/mol. The van der Waals surface area contributed by atoms with Crippen molar-refractivity contribution in [2.45, 2.75) is 19.3 Å². The number of benzene rings is 1. The first-order valence-electron chi connectivity index (χ1n) is 7.48. The van der Waals surface area contributed by atoms with Gasteiger partial charge >= 0.3 is 0 Å². The van der Waals surface area contributed by atoms with E-state index < -0.39 is 0 Å². The van der Waals surface area contributed by atoms with Crippen LogP contribution in [0.15, 0.2) is 52.4 Å². The van der Waals surface area contributed by atoms with Gasteiger partial charge in [-0.3, -0.25) is 4.79 Å². The first-order valence-corrected chi connectivity index (χ1v) is 8.36. The number of aromatic nitrogens is 2. The highest BCUT2D eigenvalue weighted by atomic mass is 32.1. The molecule has 0 bridgehead atoms. The molecule has 0 unspecified atom stereocenters. The Balaban J connectivity index is 1.41. The zero-order valence-corrected chi connectivity index (χ0v) is 13.4. The quantitative estimate of drug-likeness (QED) is 0.724. The molecule has 0 spiro atoms. The summed E-state index contributed by atoms with van der Waals surface area (Å²) in [6.07, 6.45) is 1.63. The number of hydrogen-bond acceptors (Lipinski definition) is 5. The number of amides is 1. The molecule has 2 heterocycles. The topological polar surface area (TPSA) is 68.0 Å². The van der Waals surface area contributed by atoms with E-state index in [9.17, 15) is 4.79 Å². The van der Waals surface area contributed by atoms with Crippen molar-refractivity contribution in [3.63, 3.8) is 0 Å². The van der Waals surface area contributed by atoms with E-state index in [0.29, 0.717) is 31.1 Å². The number of carbonyl (C=O) groups excluding carboxylic acids is 1. The van der Waals surface area contributed by atoms with Crippen LogP contribution < -0.4 is 5.32 Å². The number of thiophene rings is 1. The third-order valence-electron chi connectivity index (χ3n) is 3.35. The molecule has 6 heteroatoms. The van der Waals surface area contributed by atoms with E-state index in [2.05, 4.69) is 27.6 Å². The van der Waals surface area contributed by atoms with E-state index in [4.69, 9.17) is 4.52 Å². The SMILES string of the molecule is O=C(CCc1nc(-c2cccs2)no1)NCCc1ccccc1. The van der Waals surface area contributed by atoms with Crippen LogP contribution >= 0.6 is 11.3 Å². The lowest BCUT2D eigenvalue weighted by atomic mass is 10.1. The number of aryl methyl sites for hydroxylation is 1. The zero-order chi connectivity index (χ0) is 15.9. The summed E-state index contributed by atoms with van der Waals surface area (Å²) in [5, 5.41) is 8.80. The Hall–Kier alpha value is -2.47. The molecule has 0 atom stereocenters. The summed E-state index contributed by atoms with van der Waals surface area (Å²) in [4.78, 5) is 17.1. The Bertz CT molecular complexity index is 738. The normalized spacial score (nSPS) is 10.6. The van der Waals surface area contributed by atoms with Gasteiger partial charge in [-0.2, -0.15) is 4.98 Å². The minimum absolute atomic E-state index is 0.00296. The molecule has 0 saturated heterocycles. The third kappa shape index (κ3) is 4.50. The van der Waals surface area contributed by atoms with Gasteiger partial charge in [0.15, 0.2) is 0 Å². The summed E-state index contributed by atoms with van der Waals surface area (Å²) >= 11 is 1.56. The van der Waals surface area contributed by atoms with Crippen LogP contribution in [0.1, 0.15) is 17.9 Å². The maximum Gasteiger partial charge on any atom is 0.227 e. The van der Waals surface area contributed by atoms with Gasteiger partial charge in [-0.05, 0) is 23.4 Å². The first kappa shape index (κ1) is 15.4. The summed E-state index contributed by atoms with van der Waals surface area (Å²) in [5.74, 6) is 1.07. The summed E-state index contributed by atoms with van der Waals surface area (Å²) in [5.41, 5.74) is 1.21. The van der Waals surface area contributed by atoms with E-state index in [0.717, 1.165) is 11.3 Å². The van der Waals surface area contributed by atoms with Gasteiger partial charge in [-0.15, -0.1) is 11.3 Å². The van der Waals surface area contributed by atoms with Gasteiger partial charge in [0.05, 0.1) is 4.88 Å². The molecule has 1 N–H and O–H groups in total. The summed E-state index contributed by atoms with van der Waals surface area (Å²) in [7, 11) is 0. The number of nitrogens with one attached hydrogen (secondary N) is 1. The first-order chi connectivity index (χ1) is 11.3. The molecular formula is C17H17N3O2S. The lowest BCUT2D eigenvalue weighted by Gasteiger charge is -2.04. The molecule has 3 rings (SSSR count). The number of hydrogen-bond donors (Lipinski definition) is 1. The summed E-state index contributed by atoms with van der Waals surface area (Å²) in [6, 6.07) is 14.0. The van der Waals surface area contributed by atoms with Crippen LogP contribution in [0.2, 0.25) is 0 Å². The Morgan fingerprint density at radius 1 is 1.13 bits per heavy atom. The minimum atomic E-state index is -0.00296. The van der Waals surface area contributed by atoms with Gasteiger partial charge < -0.3 is 9.84 Å². The molecule has 1 amide bonds. The molecule has 3 aromatic rings. The number of carbonyl (C=O) groups is 1. The molecule has 2 aromatic heterocycles. The fourth-order valence-corrected chi connectivity index (χ4v) is 2.81. The largest absolute Gasteiger partial charge is 0.356 e. The van der Waals surface area contributed by atoms with Crippen LogP contribution in [0.4, 0.5) is 0 Å². The van der Waals surface area contributed by atoms with Gasteiger partial charge in [0.1, 0.15) is 0 Å². The van der Waals surface area contributed by atoms with Crippen molar-refractivity contribution in [3.05, 3.63) is 59.3 Å². The number of nitrogens with zero attached hydrogens (tertiary/aromatic N) is 2. The Morgan fingerprint density at radius 2 is 2.00 bits per heavy atom. The molecule has 0 aliphatic rings. The lowest BCUT2D eigenvalue weighted by molar-refractivity contribution is -0.121. The van der Waals surface area contributed by atoms with E-state index in [1.807, 2.05) is 35.7 Å². The van der Waals surface area contributed by atoms with Gasteiger partial charge in [0.2, 0.25) is 17.6 Å². The predicted molar refractivity (Wildman–Crippen MR) is 89.1 cm³/mol. The number of rotatable bonds is 7. The third-order valence-corrected chi connectivity index (χ3v) is 4.22. The van der Waals surface area contributed by atoms with Crippen molar-refractivity contribution in [2.75, 3.05) is 6.54 Å². The molecule has 0 saturated carbocycles. The highest BCUT2D eigenvalue weighted by Crippen LogP contribution is 2.21. The van der Waals surface area contributed by atoms with Crippen LogP contribution in [-0.4, -0.2) is 22.6 Å². The highest BCUT2D eigenvalue weighted by Gasteiger charge is 2.11. The highest BCUT2D eigenvalue weighted by molar-refractivity contribution is 7.13. The zero-order valence-electron chi connectivity index (χ0n) is 12.6. The Kier molecular flexibility index (Phi) is 5.16. The second kappa shape index (κ2) is 7.69. The molecular weight excluding hydrogens is 310 g/mol. The maximum atomic E-state index is 11.8. The molecule has 1 aromatic carbocycles. The van der Waals surface area contributed by atoms with Crippen LogP contribution in [0.3, 0.4) is 0 Å². The summed E-state index contributed by atoms with van der Waals surface area (Å²) in [6.45, 7) is 0.632.